The van der Waals surface area contributed by atoms with Gasteiger partial charge in [0.25, 0.3) is 0 Å². The van der Waals surface area contributed by atoms with Crippen LogP contribution in [0.15, 0.2) is 12.4 Å². The summed E-state index contributed by atoms with van der Waals surface area (Å²) < 4.78 is 5.34. The van der Waals surface area contributed by atoms with Gasteiger partial charge in [0.1, 0.15) is 5.60 Å². The minimum absolute atomic E-state index is 0.0538. The Morgan fingerprint density at radius 3 is 2.65 bits per heavy atom. The first-order valence-corrected chi connectivity index (χ1v) is 8.28. The van der Waals surface area contributed by atoms with Gasteiger partial charge in [-0.3, -0.25) is 0 Å². The number of hydrogen-bond acceptors (Lipinski definition) is 5. The predicted octanol–water partition coefficient (Wildman–Crippen LogP) is 2.91. The topological polar surface area (TPSA) is 67.4 Å². The van der Waals surface area contributed by atoms with Gasteiger partial charge in [-0.2, -0.15) is 0 Å². The average molecular weight is 320 g/mol. The highest BCUT2D eigenvalue weighted by atomic mass is 16.6. The molecule has 0 radical (unpaired) electrons. The molecule has 1 amide bonds. The van der Waals surface area contributed by atoms with Gasteiger partial charge >= 0.3 is 6.09 Å². The number of carbonyl (C=O) groups is 1. The lowest BCUT2D eigenvalue weighted by atomic mass is 9.92. The molecule has 1 N–H and O–H groups in total. The van der Waals surface area contributed by atoms with Crippen molar-refractivity contribution in [2.75, 3.05) is 18.0 Å². The zero-order valence-corrected chi connectivity index (χ0v) is 14.8. The van der Waals surface area contributed by atoms with Crippen molar-refractivity contribution in [3.05, 3.63) is 18.0 Å². The van der Waals surface area contributed by atoms with Crippen molar-refractivity contribution >= 4 is 12.0 Å². The van der Waals surface area contributed by atoms with E-state index in [4.69, 9.17) is 4.74 Å². The summed E-state index contributed by atoms with van der Waals surface area (Å²) in [5.41, 5.74) is 0.584. The number of rotatable bonds is 3. The first kappa shape index (κ1) is 17.5. The summed E-state index contributed by atoms with van der Waals surface area (Å²) in [5.74, 6) is 1.13. The Labute approximate surface area is 138 Å². The minimum atomic E-state index is -0.474. The third-order valence-electron chi connectivity index (χ3n) is 3.96. The number of nitrogens with zero attached hydrogens (tertiary/aromatic N) is 3. The van der Waals surface area contributed by atoms with Gasteiger partial charge in [0, 0.05) is 31.5 Å². The van der Waals surface area contributed by atoms with E-state index in [9.17, 15) is 4.79 Å². The number of aromatic nitrogens is 2. The molecule has 2 rings (SSSR count). The number of hydrogen-bond donors (Lipinski definition) is 1. The summed E-state index contributed by atoms with van der Waals surface area (Å²) in [6.45, 7) is 11.4. The lowest BCUT2D eigenvalue weighted by Crippen LogP contribution is -2.47. The van der Waals surface area contributed by atoms with Crippen LogP contribution in [0.2, 0.25) is 0 Å². The molecule has 1 fully saturated rings. The molecule has 0 aromatic carbocycles. The second-order valence-electron chi connectivity index (χ2n) is 7.34. The zero-order chi connectivity index (χ0) is 17.0. The predicted molar refractivity (Wildman–Crippen MR) is 90.5 cm³/mol. The summed E-state index contributed by atoms with van der Waals surface area (Å²) in [7, 11) is 0. The fourth-order valence-corrected chi connectivity index (χ4v) is 2.76. The van der Waals surface area contributed by atoms with Crippen molar-refractivity contribution in [1.29, 1.82) is 0 Å². The summed E-state index contributed by atoms with van der Waals surface area (Å²) in [4.78, 5) is 22.9. The molecule has 0 aliphatic carbocycles. The second-order valence-corrected chi connectivity index (χ2v) is 7.34. The molecule has 6 nitrogen and oxygen atoms in total. The molecular formula is C17H28N4O2. The first-order valence-electron chi connectivity index (χ1n) is 8.28. The van der Waals surface area contributed by atoms with Crippen molar-refractivity contribution in [2.24, 2.45) is 5.92 Å². The molecule has 1 saturated heterocycles. The Hall–Kier alpha value is -1.85. The lowest BCUT2D eigenvalue weighted by molar-refractivity contribution is 0.0489. The number of aryl methyl sites for hydroxylation is 1. The molecule has 2 unspecified atom stereocenters. The number of alkyl carbamates (subject to hydrolysis) is 1. The largest absolute Gasteiger partial charge is 0.444 e. The Morgan fingerprint density at radius 2 is 2.04 bits per heavy atom. The molecule has 6 heteroatoms. The maximum Gasteiger partial charge on any atom is 0.407 e. The van der Waals surface area contributed by atoms with Crippen LogP contribution in [0.3, 0.4) is 0 Å². The molecule has 0 spiro atoms. The van der Waals surface area contributed by atoms with Crippen molar-refractivity contribution in [3.8, 4) is 0 Å². The van der Waals surface area contributed by atoms with E-state index in [1.165, 1.54) is 0 Å². The van der Waals surface area contributed by atoms with E-state index in [0.29, 0.717) is 5.92 Å². The highest BCUT2D eigenvalue weighted by Gasteiger charge is 2.28. The van der Waals surface area contributed by atoms with E-state index >= 15 is 0 Å². The van der Waals surface area contributed by atoms with Gasteiger partial charge in [-0.1, -0.05) is 0 Å². The van der Waals surface area contributed by atoms with Gasteiger partial charge in [-0.15, -0.1) is 0 Å². The van der Waals surface area contributed by atoms with Crippen LogP contribution in [-0.2, 0) is 4.74 Å². The molecule has 1 aromatic heterocycles. The van der Waals surface area contributed by atoms with Gasteiger partial charge in [0.15, 0.2) is 0 Å². The van der Waals surface area contributed by atoms with Crippen LogP contribution < -0.4 is 10.2 Å². The Morgan fingerprint density at radius 1 is 1.39 bits per heavy atom. The number of piperidine rings is 1. The minimum Gasteiger partial charge on any atom is -0.444 e. The summed E-state index contributed by atoms with van der Waals surface area (Å²) >= 11 is 0. The Bertz CT molecular complexity index is 524. The lowest BCUT2D eigenvalue weighted by Gasteiger charge is -2.36. The SMILES string of the molecule is Cc1cnc(N2CCCC(C(C)NC(=O)OC(C)(C)C)C2)nc1. The van der Waals surface area contributed by atoms with Gasteiger partial charge in [0.05, 0.1) is 0 Å². The average Bonchev–Trinajstić information content (AvgIpc) is 2.46. The van der Waals surface area contributed by atoms with Crippen LogP contribution in [0.1, 0.15) is 46.1 Å². The Balaban J connectivity index is 1.92. The van der Waals surface area contributed by atoms with E-state index in [-0.39, 0.29) is 12.1 Å². The molecular weight excluding hydrogens is 292 g/mol. The van der Waals surface area contributed by atoms with Crippen molar-refractivity contribution < 1.29 is 9.53 Å². The van der Waals surface area contributed by atoms with Crippen molar-refractivity contribution in [3.63, 3.8) is 0 Å². The van der Waals surface area contributed by atoms with E-state index in [2.05, 4.69) is 20.2 Å². The fourth-order valence-electron chi connectivity index (χ4n) is 2.76. The molecule has 23 heavy (non-hydrogen) atoms. The summed E-state index contributed by atoms with van der Waals surface area (Å²) in [6, 6.07) is 0.0538. The number of anilines is 1. The maximum absolute atomic E-state index is 11.9. The van der Waals surface area contributed by atoms with E-state index in [0.717, 1.165) is 37.4 Å². The monoisotopic (exact) mass is 320 g/mol. The smallest absolute Gasteiger partial charge is 0.407 e. The highest BCUT2D eigenvalue weighted by molar-refractivity contribution is 5.68. The summed E-state index contributed by atoms with van der Waals surface area (Å²) in [5, 5.41) is 2.96. The normalized spacial score (nSPS) is 20.0. The van der Waals surface area contributed by atoms with E-state index in [1.807, 2.05) is 47.0 Å². The molecule has 2 heterocycles. The number of amides is 1. The van der Waals surface area contributed by atoms with Gasteiger partial charge in [0.2, 0.25) is 5.95 Å². The first-order chi connectivity index (χ1) is 10.7. The van der Waals surface area contributed by atoms with Crippen LogP contribution in [0.4, 0.5) is 10.7 Å². The number of nitrogens with one attached hydrogen (secondary N) is 1. The van der Waals surface area contributed by atoms with Crippen LogP contribution in [0.5, 0.6) is 0 Å². The van der Waals surface area contributed by atoms with Crippen LogP contribution in [0.25, 0.3) is 0 Å². The molecule has 2 atom stereocenters. The third kappa shape index (κ3) is 5.37. The van der Waals surface area contributed by atoms with Crippen molar-refractivity contribution in [1.82, 2.24) is 15.3 Å². The molecule has 1 aliphatic heterocycles. The summed E-state index contributed by atoms with van der Waals surface area (Å²) in [6.07, 6.45) is 5.48. The molecule has 0 bridgehead atoms. The molecule has 128 valence electrons. The molecule has 1 aliphatic rings. The molecule has 0 saturated carbocycles. The van der Waals surface area contributed by atoms with Gasteiger partial charge in [-0.05, 0) is 58.9 Å². The number of ether oxygens (including phenoxy) is 1. The third-order valence-corrected chi connectivity index (χ3v) is 3.96. The maximum atomic E-state index is 11.9. The van der Waals surface area contributed by atoms with Crippen LogP contribution in [0, 0.1) is 12.8 Å². The fraction of sp³-hybridized carbons (Fsp3) is 0.706. The van der Waals surface area contributed by atoms with Crippen LogP contribution >= 0.6 is 0 Å². The van der Waals surface area contributed by atoms with Gasteiger partial charge < -0.3 is 15.0 Å². The quantitative estimate of drug-likeness (QED) is 0.927. The van der Waals surface area contributed by atoms with Gasteiger partial charge in [-0.25, -0.2) is 14.8 Å². The van der Waals surface area contributed by atoms with Crippen molar-refractivity contribution in [2.45, 2.75) is 59.1 Å². The standard InChI is InChI=1S/C17H28N4O2/c1-12-9-18-15(19-10-12)21-8-6-7-14(11-21)13(2)20-16(22)23-17(3,4)5/h9-10,13-14H,6-8,11H2,1-5H3,(H,20,22). The van der Waals surface area contributed by atoms with Crippen LogP contribution in [-0.4, -0.2) is 40.8 Å². The second kappa shape index (κ2) is 7.15. The molecule has 1 aromatic rings. The van der Waals surface area contributed by atoms with E-state index < -0.39 is 5.60 Å². The van der Waals surface area contributed by atoms with E-state index in [1.54, 1.807) is 0 Å². The Kier molecular flexibility index (Phi) is 5.44. The zero-order valence-electron chi connectivity index (χ0n) is 14.8. The highest BCUT2D eigenvalue weighted by Crippen LogP contribution is 2.23. The number of carbonyl (C=O) groups excluding carboxylic acids is 1.